The monoisotopic (exact) mass is 275 g/mol. The lowest BCUT2D eigenvalue weighted by Crippen LogP contribution is -2.11. The molecule has 0 saturated heterocycles. The van der Waals surface area contributed by atoms with Crippen LogP contribution in [0.1, 0.15) is 41.7 Å². The van der Waals surface area contributed by atoms with Crippen LogP contribution >= 0.6 is 0 Å². The topological polar surface area (TPSA) is 33.1 Å². The summed E-state index contributed by atoms with van der Waals surface area (Å²) in [7, 11) is 0. The second-order valence-corrected chi connectivity index (χ2v) is 5.19. The van der Waals surface area contributed by atoms with Crippen LogP contribution in [-0.4, -0.2) is 10.1 Å². The molecule has 0 bridgehead atoms. The van der Waals surface area contributed by atoms with Crippen LogP contribution < -0.4 is 0 Å². The number of halogens is 2. The number of rotatable bonds is 1. The second kappa shape index (κ2) is 5.29. The molecule has 1 N–H and O–H groups in total. The molecular weight excluding hydrogens is 260 g/mol. The summed E-state index contributed by atoms with van der Waals surface area (Å²) < 4.78 is 26.7. The lowest BCUT2D eigenvalue weighted by Gasteiger charge is -2.22. The second-order valence-electron chi connectivity index (χ2n) is 5.19. The summed E-state index contributed by atoms with van der Waals surface area (Å²) in [4.78, 5) is 4.28. The number of aromatic nitrogens is 1. The molecule has 0 saturated carbocycles. The summed E-state index contributed by atoms with van der Waals surface area (Å²) in [5.41, 5.74) is 2.14. The van der Waals surface area contributed by atoms with Gasteiger partial charge in [0, 0.05) is 29.4 Å². The number of hydrogen-bond donors (Lipinski definition) is 1. The van der Waals surface area contributed by atoms with Crippen molar-refractivity contribution < 1.29 is 13.9 Å². The third-order valence-corrected chi connectivity index (χ3v) is 3.87. The van der Waals surface area contributed by atoms with E-state index in [9.17, 15) is 13.9 Å². The van der Waals surface area contributed by atoms with Crippen molar-refractivity contribution in [2.45, 2.75) is 31.3 Å². The minimum Gasteiger partial charge on any atom is -0.388 e. The Morgan fingerprint density at radius 1 is 1.15 bits per heavy atom. The summed E-state index contributed by atoms with van der Waals surface area (Å²) in [5.74, 6) is -1.52. The summed E-state index contributed by atoms with van der Waals surface area (Å²) in [6.07, 6.45) is 3.22. The zero-order valence-corrected chi connectivity index (χ0v) is 10.9. The number of aliphatic hydroxyl groups is 1. The van der Waals surface area contributed by atoms with Crippen molar-refractivity contribution in [1.82, 2.24) is 4.98 Å². The zero-order chi connectivity index (χ0) is 14.1. The van der Waals surface area contributed by atoms with Crippen LogP contribution in [0.2, 0.25) is 0 Å². The van der Waals surface area contributed by atoms with Crippen LogP contribution in [0.5, 0.6) is 0 Å². The van der Waals surface area contributed by atoms with Crippen LogP contribution in [-0.2, 0) is 6.42 Å². The van der Waals surface area contributed by atoms with Gasteiger partial charge in [-0.1, -0.05) is 6.07 Å². The Kier molecular flexibility index (Phi) is 3.49. The molecule has 1 aromatic heterocycles. The fraction of sp³-hybridized carbons (Fsp3) is 0.312. The Morgan fingerprint density at radius 3 is 2.65 bits per heavy atom. The molecule has 2 atom stereocenters. The van der Waals surface area contributed by atoms with Crippen LogP contribution in [0.4, 0.5) is 8.78 Å². The third kappa shape index (κ3) is 2.43. The Labute approximate surface area is 116 Å². The number of pyridine rings is 1. The third-order valence-electron chi connectivity index (χ3n) is 3.87. The zero-order valence-electron chi connectivity index (χ0n) is 10.9. The molecule has 1 heterocycles. The van der Waals surface area contributed by atoms with E-state index in [1.54, 1.807) is 12.3 Å². The van der Waals surface area contributed by atoms with E-state index in [4.69, 9.17) is 0 Å². The first-order valence-corrected chi connectivity index (χ1v) is 6.73. The number of benzene rings is 1. The molecule has 1 aliphatic carbocycles. The molecule has 2 nitrogen and oxygen atoms in total. The average Bonchev–Trinajstić information content (AvgIpc) is 2.58. The van der Waals surface area contributed by atoms with Gasteiger partial charge in [-0.2, -0.15) is 0 Å². The number of fused-ring (bicyclic) bond motifs is 1. The van der Waals surface area contributed by atoms with Gasteiger partial charge in [0.05, 0.1) is 6.10 Å². The average molecular weight is 275 g/mol. The van der Waals surface area contributed by atoms with Crippen molar-refractivity contribution in [2.24, 2.45) is 0 Å². The van der Waals surface area contributed by atoms with Gasteiger partial charge in [-0.25, -0.2) is 8.78 Å². The molecular formula is C16H15F2NO. The van der Waals surface area contributed by atoms with Gasteiger partial charge in [0.1, 0.15) is 11.6 Å². The van der Waals surface area contributed by atoms with Crippen molar-refractivity contribution in [3.63, 3.8) is 0 Å². The molecule has 2 aromatic rings. The van der Waals surface area contributed by atoms with E-state index in [-0.39, 0.29) is 5.92 Å². The Hall–Kier alpha value is -1.81. The van der Waals surface area contributed by atoms with Gasteiger partial charge in [-0.05, 0) is 43.0 Å². The van der Waals surface area contributed by atoms with Gasteiger partial charge >= 0.3 is 0 Å². The van der Waals surface area contributed by atoms with Gasteiger partial charge < -0.3 is 5.11 Å². The lowest BCUT2D eigenvalue weighted by molar-refractivity contribution is 0.142. The Bertz CT molecular complexity index is 609. The van der Waals surface area contributed by atoms with Gasteiger partial charge in [0.25, 0.3) is 0 Å². The summed E-state index contributed by atoms with van der Waals surface area (Å²) in [5, 5.41) is 10.6. The smallest absolute Gasteiger partial charge is 0.126 e. The summed E-state index contributed by atoms with van der Waals surface area (Å²) in [6.45, 7) is 0. The van der Waals surface area contributed by atoms with E-state index in [0.717, 1.165) is 30.2 Å². The lowest BCUT2D eigenvalue weighted by atomic mass is 9.87. The van der Waals surface area contributed by atoms with E-state index in [1.807, 2.05) is 6.07 Å². The molecule has 104 valence electrons. The Morgan fingerprint density at radius 2 is 1.90 bits per heavy atom. The van der Waals surface area contributed by atoms with Crippen LogP contribution in [0.3, 0.4) is 0 Å². The number of aliphatic hydroxyl groups excluding tert-OH is 1. The van der Waals surface area contributed by atoms with E-state index < -0.39 is 17.7 Å². The highest BCUT2D eigenvalue weighted by Gasteiger charge is 2.28. The van der Waals surface area contributed by atoms with Crippen LogP contribution in [0, 0.1) is 11.6 Å². The molecule has 0 amide bonds. The first kappa shape index (κ1) is 13.2. The Balaban J connectivity index is 2.02. The van der Waals surface area contributed by atoms with Crippen molar-refractivity contribution in [3.05, 3.63) is 65.0 Å². The summed E-state index contributed by atoms with van der Waals surface area (Å²) in [6, 6.07) is 7.07. The highest BCUT2D eigenvalue weighted by Crippen LogP contribution is 2.39. The summed E-state index contributed by atoms with van der Waals surface area (Å²) >= 11 is 0. The highest BCUT2D eigenvalue weighted by atomic mass is 19.1. The van der Waals surface area contributed by atoms with E-state index in [0.29, 0.717) is 12.0 Å². The molecule has 20 heavy (non-hydrogen) atoms. The normalized spacial score (nSPS) is 22.1. The van der Waals surface area contributed by atoms with Gasteiger partial charge in [0.15, 0.2) is 0 Å². The maximum atomic E-state index is 13.4. The van der Waals surface area contributed by atoms with Crippen molar-refractivity contribution >= 4 is 0 Å². The SMILES string of the molecule is O[C@@H]1c2cccnc2CCC[C@H]1c1cc(F)cc(F)c1. The fourth-order valence-electron chi connectivity index (χ4n) is 2.93. The first-order chi connectivity index (χ1) is 9.65. The van der Waals surface area contributed by atoms with Crippen molar-refractivity contribution in [2.75, 3.05) is 0 Å². The molecule has 0 aliphatic heterocycles. The molecule has 0 fully saturated rings. The van der Waals surface area contributed by atoms with E-state index >= 15 is 0 Å². The quantitative estimate of drug-likeness (QED) is 0.808. The first-order valence-electron chi connectivity index (χ1n) is 6.73. The van der Waals surface area contributed by atoms with Gasteiger partial charge in [-0.3, -0.25) is 4.98 Å². The molecule has 0 radical (unpaired) electrons. The predicted octanol–water partition coefficient (Wildman–Crippen LogP) is 3.51. The minimum absolute atomic E-state index is 0.300. The highest BCUT2D eigenvalue weighted by molar-refractivity contribution is 5.31. The van der Waals surface area contributed by atoms with Gasteiger partial charge in [-0.15, -0.1) is 0 Å². The molecule has 3 rings (SSSR count). The standard InChI is InChI=1S/C16H15F2NO/c17-11-7-10(8-12(18)9-11)13-3-1-5-15-14(16(13)20)4-2-6-19-15/h2,4,6-9,13,16,20H,1,3,5H2/t13-,16-/m0/s1. The van der Waals surface area contributed by atoms with Gasteiger partial charge in [0.2, 0.25) is 0 Å². The largest absolute Gasteiger partial charge is 0.388 e. The minimum atomic E-state index is -0.776. The molecule has 0 unspecified atom stereocenters. The fourth-order valence-corrected chi connectivity index (χ4v) is 2.93. The number of aryl methyl sites for hydroxylation is 1. The molecule has 0 spiro atoms. The van der Waals surface area contributed by atoms with Crippen LogP contribution in [0.15, 0.2) is 36.5 Å². The maximum absolute atomic E-state index is 13.4. The molecule has 1 aliphatic rings. The number of nitrogens with zero attached hydrogens (tertiary/aromatic N) is 1. The van der Waals surface area contributed by atoms with Crippen molar-refractivity contribution in [1.29, 1.82) is 0 Å². The maximum Gasteiger partial charge on any atom is 0.126 e. The molecule has 4 heteroatoms. The number of hydrogen-bond acceptors (Lipinski definition) is 2. The van der Waals surface area contributed by atoms with E-state index in [1.165, 1.54) is 12.1 Å². The predicted molar refractivity (Wildman–Crippen MR) is 71.2 cm³/mol. The van der Waals surface area contributed by atoms with Crippen LogP contribution in [0.25, 0.3) is 0 Å². The van der Waals surface area contributed by atoms with E-state index in [2.05, 4.69) is 4.98 Å². The molecule has 1 aromatic carbocycles. The van der Waals surface area contributed by atoms with Crippen molar-refractivity contribution in [3.8, 4) is 0 Å².